The molecule has 2 rings (SSSR count). The van der Waals surface area contributed by atoms with E-state index in [0.717, 1.165) is 12.0 Å². The van der Waals surface area contributed by atoms with Gasteiger partial charge in [-0.1, -0.05) is 18.2 Å². The molecule has 0 atom stereocenters. The van der Waals surface area contributed by atoms with Crippen molar-refractivity contribution in [1.29, 1.82) is 10.8 Å². The van der Waals surface area contributed by atoms with Crippen LogP contribution in [0.4, 0.5) is 5.69 Å². The molecule has 0 unspecified atom stereocenters. The summed E-state index contributed by atoms with van der Waals surface area (Å²) in [5.41, 5.74) is 12.8. The van der Waals surface area contributed by atoms with E-state index in [0.29, 0.717) is 12.2 Å². The summed E-state index contributed by atoms with van der Waals surface area (Å²) in [5.74, 6) is 0.130. The number of phenols is 1. The zero-order valence-corrected chi connectivity index (χ0v) is 10.6. The molecule has 19 heavy (non-hydrogen) atoms. The first kappa shape index (κ1) is 14.7. The topological polar surface area (TPSA) is 120 Å². The molecule has 0 amide bonds. The van der Waals surface area contributed by atoms with Crippen LogP contribution in [0.25, 0.3) is 0 Å². The Morgan fingerprint density at radius 1 is 1.05 bits per heavy atom. The van der Waals surface area contributed by atoms with E-state index in [4.69, 9.17) is 27.4 Å². The van der Waals surface area contributed by atoms with Crippen molar-refractivity contribution in [2.45, 2.75) is 6.42 Å². The second-order valence-electron chi connectivity index (χ2n) is 3.98. The van der Waals surface area contributed by atoms with Crippen molar-refractivity contribution in [3.8, 4) is 5.75 Å². The lowest BCUT2D eigenvalue weighted by molar-refractivity contribution is 0.478. The molecular weight excluding hydrogens is 240 g/mol. The normalized spacial score (nSPS) is 13.1. The van der Waals surface area contributed by atoms with Crippen molar-refractivity contribution >= 4 is 17.1 Å². The molecule has 0 radical (unpaired) electrons. The maximum Gasteiger partial charge on any atom is 0.138 e. The van der Waals surface area contributed by atoms with Crippen LogP contribution in [-0.4, -0.2) is 23.1 Å². The lowest BCUT2D eigenvalue weighted by Gasteiger charge is -2.01. The largest absolute Gasteiger partial charge is 0.506 e. The predicted octanol–water partition coefficient (Wildman–Crippen LogP) is 1.63. The summed E-state index contributed by atoms with van der Waals surface area (Å²) in [5, 5.41) is 23.1. The smallest absolute Gasteiger partial charge is 0.138 e. The second kappa shape index (κ2) is 7.13. The van der Waals surface area contributed by atoms with Crippen LogP contribution in [0.2, 0.25) is 0 Å². The molecule has 5 heteroatoms. The van der Waals surface area contributed by atoms with Gasteiger partial charge in [-0.15, -0.1) is 0 Å². The monoisotopic (exact) mass is 258 g/mol. The quantitative estimate of drug-likeness (QED) is 0.315. The number of phenolic OH excluding ortho intramolecular Hbond substituents is 1. The van der Waals surface area contributed by atoms with E-state index in [-0.39, 0.29) is 17.2 Å². The Bertz CT molecular complexity index is 510. The highest BCUT2D eigenvalue weighted by Gasteiger charge is 1.97. The van der Waals surface area contributed by atoms with E-state index in [2.05, 4.69) is 0 Å². The average Bonchev–Trinajstić information content (AvgIpc) is 2.39. The zero-order chi connectivity index (χ0) is 14.3. The van der Waals surface area contributed by atoms with Crippen LogP contribution in [0.5, 0.6) is 5.75 Å². The third kappa shape index (κ3) is 4.77. The minimum absolute atomic E-state index is 0.130. The summed E-state index contributed by atoms with van der Waals surface area (Å²) in [6.07, 6.45) is 7.50. The highest BCUT2D eigenvalue weighted by Crippen LogP contribution is 2.20. The Morgan fingerprint density at radius 3 is 2.05 bits per heavy atom. The van der Waals surface area contributed by atoms with E-state index >= 15 is 0 Å². The van der Waals surface area contributed by atoms with Gasteiger partial charge in [-0.3, -0.25) is 10.8 Å². The van der Waals surface area contributed by atoms with E-state index < -0.39 is 0 Å². The summed E-state index contributed by atoms with van der Waals surface area (Å²) >= 11 is 0. The summed E-state index contributed by atoms with van der Waals surface area (Å²) in [4.78, 5) is 0. The Balaban J connectivity index is 0.000000200. The molecular formula is C14H18N4O. The first-order valence-corrected chi connectivity index (χ1v) is 5.84. The third-order valence-electron chi connectivity index (χ3n) is 2.45. The number of aromatic hydroxyl groups is 1. The first-order chi connectivity index (χ1) is 9.04. The molecule has 1 aromatic rings. The molecule has 0 saturated carbocycles. The van der Waals surface area contributed by atoms with Crippen LogP contribution in [0.15, 0.2) is 42.5 Å². The van der Waals surface area contributed by atoms with Gasteiger partial charge in [0.05, 0.1) is 17.1 Å². The molecule has 1 aromatic carbocycles. The van der Waals surface area contributed by atoms with Gasteiger partial charge in [-0.2, -0.15) is 0 Å². The van der Waals surface area contributed by atoms with Gasteiger partial charge in [0.1, 0.15) is 5.75 Å². The van der Waals surface area contributed by atoms with Gasteiger partial charge in [0.15, 0.2) is 0 Å². The van der Waals surface area contributed by atoms with E-state index in [9.17, 15) is 0 Å². The van der Waals surface area contributed by atoms with Gasteiger partial charge < -0.3 is 16.6 Å². The summed E-state index contributed by atoms with van der Waals surface area (Å²) < 4.78 is 0. The Kier molecular flexibility index (Phi) is 5.50. The summed E-state index contributed by atoms with van der Waals surface area (Å²) in [6.45, 7) is 0.601. The van der Waals surface area contributed by atoms with Gasteiger partial charge in [0, 0.05) is 0 Å². The standard InChI is InChI=1S/C8H12N2O.C6H6N2/c9-4-3-6-1-2-8(11)7(10)5-6;7-5-3-1-2-4-6(5)8/h1-2,5,11H,3-4,9-10H2;1-4,7-8H. The Morgan fingerprint density at radius 2 is 1.63 bits per heavy atom. The van der Waals surface area contributed by atoms with Crippen LogP contribution in [0.1, 0.15) is 5.56 Å². The molecule has 0 spiro atoms. The van der Waals surface area contributed by atoms with Crippen LogP contribution >= 0.6 is 0 Å². The number of nitrogens with two attached hydrogens (primary N) is 2. The molecule has 100 valence electrons. The van der Waals surface area contributed by atoms with Crippen LogP contribution in [0, 0.1) is 10.8 Å². The number of allylic oxidation sites excluding steroid dienone is 4. The van der Waals surface area contributed by atoms with Crippen molar-refractivity contribution < 1.29 is 5.11 Å². The van der Waals surface area contributed by atoms with Gasteiger partial charge in [-0.25, -0.2) is 0 Å². The van der Waals surface area contributed by atoms with Gasteiger partial charge >= 0.3 is 0 Å². The van der Waals surface area contributed by atoms with Gasteiger partial charge in [0.25, 0.3) is 0 Å². The van der Waals surface area contributed by atoms with Crippen molar-refractivity contribution in [3.63, 3.8) is 0 Å². The maximum absolute atomic E-state index is 9.06. The fourth-order valence-electron chi connectivity index (χ4n) is 1.41. The highest BCUT2D eigenvalue weighted by atomic mass is 16.3. The SMILES string of the molecule is N=C1C=CC=CC1=N.NCCc1ccc(O)c(N)c1. The Hall–Kier alpha value is -2.40. The van der Waals surface area contributed by atoms with Gasteiger partial charge in [0.2, 0.25) is 0 Å². The molecule has 7 N–H and O–H groups in total. The summed E-state index contributed by atoms with van der Waals surface area (Å²) in [6, 6.07) is 5.14. The number of hydrogen-bond acceptors (Lipinski definition) is 5. The number of benzene rings is 1. The number of anilines is 1. The van der Waals surface area contributed by atoms with E-state index in [1.165, 1.54) is 0 Å². The fourth-order valence-corrected chi connectivity index (χ4v) is 1.41. The molecule has 5 nitrogen and oxygen atoms in total. The van der Waals surface area contributed by atoms with Crippen LogP contribution in [0.3, 0.4) is 0 Å². The average molecular weight is 258 g/mol. The van der Waals surface area contributed by atoms with E-state index in [1.54, 1.807) is 36.4 Å². The molecule has 0 aliphatic heterocycles. The molecule has 0 bridgehead atoms. The van der Waals surface area contributed by atoms with Gasteiger partial charge in [-0.05, 0) is 42.8 Å². The lowest BCUT2D eigenvalue weighted by atomic mass is 10.1. The maximum atomic E-state index is 9.06. The molecule has 1 aliphatic rings. The van der Waals surface area contributed by atoms with Crippen molar-refractivity contribution in [3.05, 3.63) is 48.1 Å². The third-order valence-corrected chi connectivity index (χ3v) is 2.45. The number of rotatable bonds is 2. The molecule has 0 saturated heterocycles. The number of nitrogens with one attached hydrogen (secondary N) is 2. The molecule has 0 heterocycles. The first-order valence-electron chi connectivity index (χ1n) is 5.84. The highest BCUT2D eigenvalue weighted by molar-refractivity contribution is 6.48. The summed E-state index contributed by atoms with van der Waals surface area (Å²) in [7, 11) is 0. The Labute approximate surface area is 112 Å². The minimum Gasteiger partial charge on any atom is -0.506 e. The molecule has 1 aliphatic carbocycles. The fraction of sp³-hybridized carbons (Fsp3) is 0.143. The van der Waals surface area contributed by atoms with Crippen LogP contribution in [-0.2, 0) is 6.42 Å². The zero-order valence-electron chi connectivity index (χ0n) is 10.6. The molecule has 0 aromatic heterocycles. The lowest BCUT2D eigenvalue weighted by Crippen LogP contribution is -2.06. The number of nitrogen functional groups attached to an aromatic ring is 1. The number of hydrogen-bond donors (Lipinski definition) is 5. The van der Waals surface area contributed by atoms with Crippen molar-refractivity contribution in [2.75, 3.05) is 12.3 Å². The van der Waals surface area contributed by atoms with E-state index in [1.807, 2.05) is 6.07 Å². The van der Waals surface area contributed by atoms with Crippen molar-refractivity contribution in [2.24, 2.45) is 5.73 Å². The minimum atomic E-state index is 0.130. The molecule has 0 fully saturated rings. The second-order valence-corrected chi connectivity index (χ2v) is 3.98. The van der Waals surface area contributed by atoms with Crippen LogP contribution < -0.4 is 11.5 Å². The predicted molar refractivity (Wildman–Crippen MR) is 79.0 cm³/mol. The van der Waals surface area contributed by atoms with Crippen molar-refractivity contribution in [1.82, 2.24) is 0 Å².